The predicted octanol–water partition coefficient (Wildman–Crippen LogP) is 3.19. The summed E-state index contributed by atoms with van der Waals surface area (Å²) in [6, 6.07) is 18.0. The molecule has 11 heteroatoms. The van der Waals surface area contributed by atoms with E-state index in [4.69, 9.17) is 11.5 Å². The Balaban J connectivity index is 1.33. The van der Waals surface area contributed by atoms with Crippen LogP contribution >= 0.6 is 0 Å². The maximum absolute atomic E-state index is 13.8. The number of benzene rings is 2. The van der Waals surface area contributed by atoms with Gasteiger partial charge in [0.2, 0.25) is 11.7 Å². The molecule has 0 bridgehead atoms. The molecule has 0 aliphatic heterocycles. The van der Waals surface area contributed by atoms with Crippen molar-refractivity contribution in [2.45, 2.75) is 38.1 Å². The number of amides is 2. The number of imide groups is 1. The van der Waals surface area contributed by atoms with E-state index in [-0.39, 0.29) is 11.8 Å². The monoisotopic (exact) mass is 567 g/mol. The summed E-state index contributed by atoms with van der Waals surface area (Å²) in [6.45, 7) is 0.614. The maximum Gasteiger partial charge on any atom is 0.251 e. The first-order chi connectivity index (χ1) is 20.3. The fourth-order valence-corrected chi connectivity index (χ4v) is 5.40. The van der Waals surface area contributed by atoms with Crippen molar-refractivity contribution in [3.05, 3.63) is 72.4 Å². The Morgan fingerprint density at radius 1 is 0.929 bits per heavy atom. The van der Waals surface area contributed by atoms with Gasteiger partial charge in [-0.15, -0.1) is 10.2 Å². The summed E-state index contributed by atoms with van der Waals surface area (Å²) < 4.78 is 0. The van der Waals surface area contributed by atoms with E-state index in [1.54, 1.807) is 24.3 Å². The molecule has 1 atom stereocenters. The summed E-state index contributed by atoms with van der Waals surface area (Å²) >= 11 is 0. The number of H-pyrrole nitrogens is 1. The van der Waals surface area contributed by atoms with E-state index in [1.807, 2.05) is 61.6 Å². The van der Waals surface area contributed by atoms with Crippen molar-refractivity contribution in [3.63, 3.8) is 0 Å². The van der Waals surface area contributed by atoms with Crippen LogP contribution in [0, 0.1) is 11.8 Å². The van der Waals surface area contributed by atoms with Gasteiger partial charge in [-0.1, -0.05) is 24.3 Å². The molecule has 0 unspecified atom stereocenters. The highest BCUT2D eigenvalue weighted by Crippen LogP contribution is 2.32. The molecule has 11 nitrogen and oxygen atoms in total. The van der Waals surface area contributed by atoms with Gasteiger partial charge in [-0.3, -0.25) is 9.59 Å². The lowest BCUT2D eigenvalue weighted by Crippen LogP contribution is -2.50. The first kappa shape index (κ1) is 29.0. The number of tetrazole rings is 1. The van der Waals surface area contributed by atoms with Crippen LogP contribution in [0.15, 0.2) is 66.9 Å². The average molecular weight is 568 g/mol. The Kier molecular flexibility index (Phi) is 8.99. The quantitative estimate of drug-likeness (QED) is 0.276. The number of aromatic amines is 1. The molecule has 4 aromatic rings. The third kappa shape index (κ3) is 6.53. The van der Waals surface area contributed by atoms with Gasteiger partial charge in [-0.25, -0.2) is 9.88 Å². The second-order valence-electron chi connectivity index (χ2n) is 11.1. The fraction of sp³-hybridized carbons (Fsp3) is 0.355. The van der Waals surface area contributed by atoms with Crippen LogP contribution in [0.4, 0.5) is 11.5 Å². The van der Waals surface area contributed by atoms with Crippen LogP contribution in [0.1, 0.15) is 31.2 Å². The molecule has 2 amide bonds. The van der Waals surface area contributed by atoms with E-state index >= 15 is 0 Å². The number of hydrogen-bond donors (Lipinski definition) is 3. The van der Waals surface area contributed by atoms with Crippen molar-refractivity contribution in [1.82, 2.24) is 25.6 Å². The molecular formula is C31H37N9O2. The van der Waals surface area contributed by atoms with E-state index in [2.05, 4.69) is 25.6 Å². The standard InChI is InChI=1S/C31H37N9O2/c1-39(2)28-16-13-25(19-34-28)22-7-3-20(4-8-22)17-27(33)31(42)40(30(41)24-9-5-21(18-32)6-10-24)26-14-11-23(12-15-26)29-35-37-38-36-29/h3-4,7-8,11-16,19,21,24,27H,5-6,9-10,17-18,32-33H2,1-2H3,(H,35,36,37,38)/t21?,24?,27-/m0/s1. The van der Waals surface area contributed by atoms with Crippen LogP contribution < -0.4 is 21.3 Å². The van der Waals surface area contributed by atoms with Crippen LogP contribution in [0.3, 0.4) is 0 Å². The summed E-state index contributed by atoms with van der Waals surface area (Å²) in [6.07, 6.45) is 5.28. The third-order valence-electron chi connectivity index (χ3n) is 7.97. The van der Waals surface area contributed by atoms with Gasteiger partial charge in [0.1, 0.15) is 5.82 Å². The van der Waals surface area contributed by atoms with Gasteiger partial charge in [0.15, 0.2) is 0 Å². The third-order valence-corrected chi connectivity index (χ3v) is 7.97. The first-order valence-corrected chi connectivity index (χ1v) is 14.2. The van der Waals surface area contributed by atoms with Gasteiger partial charge in [-0.05, 0) is 97.3 Å². The van der Waals surface area contributed by atoms with Crippen molar-refractivity contribution < 1.29 is 9.59 Å². The number of rotatable bonds is 9. The Morgan fingerprint density at radius 3 is 2.17 bits per heavy atom. The number of anilines is 2. The summed E-state index contributed by atoms with van der Waals surface area (Å²) in [5.41, 5.74) is 16.5. The van der Waals surface area contributed by atoms with Crippen LogP contribution in [-0.2, 0) is 16.0 Å². The molecule has 1 saturated carbocycles. The van der Waals surface area contributed by atoms with E-state index in [9.17, 15) is 9.59 Å². The van der Waals surface area contributed by atoms with Crippen molar-refractivity contribution in [2.24, 2.45) is 23.3 Å². The van der Waals surface area contributed by atoms with E-state index in [1.165, 1.54) is 4.90 Å². The highest BCUT2D eigenvalue weighted by molar-refractivity contribution is 6.17. The first-order valence-electron chi connectivity index (χ1n) is 14.2. The molecule has 2 aromatic carbocycles. The average Bonchev–Trinajstić information content (AvgIpc) is 3.57. The molecule has 42 heavy (non-hydrogen) atoms. The molecule has 2 aromatic heterocycles. The zero-order chi connectivity index (χ0) is 29.6. The summed E-state index contributed by atoms with van der Waals surface area (Å²) in [5.74, 6) is 0.821. The minimum absolute atomic E-state index is 0.220. The summed E-state index contributed by atoms with van der Waals surface area (Å²) in [4.78, 5) is 35.4. The smallest absolute Gasteiger partial charge is 0.251 e. The van der Waals surface area contributed by atoms with Crippen molar-refractivity contribution >= 4 is 23.3 Å². The number of nitrogens with zero attached hydrogens (tertiary/aromatic N) is 6. The molecule has 5 rings (SSSR count). The molecule has 1 aliphatic rings. The van der Waals surface area contributed by atoms with Gasteiger partial charge in [0, 0.05) is 37.3 Å². The molecular weight excluding hydrogens is 530 g/mol. The topological polar surface area (TPSA) is 160 Å². The number of carbonyl (C=O) groups is 2. The number of aromatic nitrogens is 5. The number of pyridine rings is 1. The van der Waals surface area contributed by atoms with E-state index in [0.717, 1.165) is 35.3 Å². The molecule has 0 spiro atoms. The molecule has 1 fully saturated rings. The Morgan fingerprint density at radius 2 is 1.60 bits per heavy atom. The molecule has 5 N–H and O–H groups in total. The Hall–Kier alpha value is -4.48. The minimum atomic E-state index is -0.905. The van der Waals surface area contributed by atoms with E-state index in [0.29, 0.717) is 48.8 Å². The van der Waals surface area contributed by atoms with Crippen molar-refractivity contribution in [2.75, 3.05) is 30.4 Å². The normalized spacial score (nSPS) is 17.4. The lowest BCUT2D eigenvalue weighted by atomic mass is 9.81. The van der Waals surface area contributed by atoms with Gasteiger partial charge in [0.05, 0.1) is 11.7 Å². The van der Waals surface area contributed by atoms with Crippen molar-refractivity contribution in [1.29, 1.82) is 0 Å². The van der Waals surface area contributed by atoms with Crippen LogP contribution in [0.25, 0.3) is 22.5 Å². The number of carbonyl (C=O) groups excluding carboxylic acids is 2. The second kappa shape index (κ2) is 13.0. The largest absolute Gasteiger partial charge is 0.363 e. The Labute approximate surface area is 245 Å². The maximum atomic E-state index is 13.8. The highest BCUT2D eigenvalue weighted by atomic mass is 16.2. The number of nitrogens with one attached hydrogen (secondary N) is 1. The number of nitrogens with two attached hydrogens (primary N) is 2. The van der Waals surface area contributed by atoms with Crippen LogP contribution in [-0.4, -0.2) is 64.1 Å². The van der Waals surface area contributed by atoms with Crippen LogP contribution in [0.5, 0.6) is 0 Å². The second-order valence-corrected chi connectivity index (χ2v) is 11.1. The lowest BCUT2D eigenvalue weighted by Gasteiger charge is -2.32. The van der Waals surface area contributed by atoms with Crippen molar-refractivity contribution in [3.8, 4) is 22.5 Å². The van der Waals surface area contributed by atoms with Gasteiger partial charge >= 0.3 is 0 Å². The predicted molar refractivity (Wildman–Crippen MR) is 162 cm³/mol. The van der Waals surface area contributed by atoms with Crippen LogP contribution in [0.2, 0.25) is 0 Å². The van der Waals surface area contributed by atoms with E-state index < -0.39 is 11.9 Å². The molecule has 0 saturated heterocycles. The fourth-order valence-electron chi connectivity index (χ4n) is 5.40. The minimum Gasteiger partial charge on any atom is -0.363 e. The highest BCUT2D eigenvalue weighted by Gasteiger charge is 2.35. The lowest BCUT2D eigenvalue weighted by molar-refractivity contribution is -0.130. The zero-order valence-electron chi connectivity index (χ0n) is 24.0. The summed E-state index contributed by atoms with van der Waals surface area (Å²) in [5, 5.41) is 14.0. The Bertz CT molecular complexity index is 1460. The number of hydrogen-bond acceptors (Lipinski definition) is 9. The molecule has 0 radical (unpaired) electrons. The van der Waals surface area contributed by atoms with Gasteiger partial charge in [0.25, 0.3) is 5.91 Å². The summed E-state index contributed by atoms with van der Waals surface area (Å²) in [7, 11) is 3.90. The molecule has 1 aliphatic carbocycles. The zero-order valence-corrected chi connectivity index (χ0v) is 24.0. The van der Waals surface area contributed by atoms with Gasteiger partial charge in [-0.2, -0.15) is 5.21 Å². The molecule has 2 heterocycles. The molecule has 218 valence electrons. The van der Waals surface area contributed by atoms with Gasteiger partial charge < -0.3 is 16.4 Å². The SMILES string of the molecule is CN(C)c1ccc(-c2ccc(C[C@H](N)C(=O)N(C(=O)C3CCC(CN)CC3)c3ccc(-c4nn[nH]n4)cc3)cc2)cn1.